The Kier molecular flexibility index (Phi) is 5.61. The van der Waals surface area contributed by atoms with E-state index in [1.165, 1.54) is 15.9 Å². The van der Waals surface area contributed by atoms with Gasteiger partial charge in [0.15, 0.2) is 0 Å². The van der Waals surface area contributed by atoms with E-state index < -0.39 is 15.9 Å². The third-order valence-electron chi connectivity index (χ3n) is 5.75. The lowest BCUT2D eigenvalue weighted by Crippen LogP contribution is -2.36. The van der Waals surface area contributed by atoms with Gasteiger partial charge < -0.3 is 9.88 Å². The number of aryl methyl sites for hydroxylation is 1. The van der Waals surface area contributed by atoms with Gasteiger partial charge in [0.2, 0.25) is 10.0 Å². The number of hydrogen-bond acceptors (Lipinski definition) is 5. The molecule has 5 rings (SSSR count). The van der Waals surface area contributed by atoms with Gasteiger partial charge in [-0.15, -0.1) is 11.3 Å². The fourth-order valence-electron chi connectivity index (χ4n) is 4.05. The van der Waals surface area contributed by atoms with E-state index in [9.17, 15) is 13.2 Å². The van der Waals surface area contributed by atoms with Crippen LogP contribution in [0.3, 0.4) is 0 Å². The highest BCUT2D eigenvalue weighted by Gasteiger charge is 2.32. The zero-order valence-corrected chi connectivity index (χ0v) is 19.6. The van der Waals surface area contributed by atoms with Gasteiger partial charge in [0.25, 0.3) is 5.91 Å². The van der Waals surface area contributed by atoms with Gasteiger partial charge in [-0.3, -0.25) is 4.79 Å². The number of carbonyl (C=O) groups excluding carboxylic acids is 1. The van der Waals surface area contributed by atoms with E-state index in [2.05, 4.69) is 10.3 Å². The van der Waals surface area contributed by atoms with Crippen LogP contribution in [0.5, 0.6) is 0 Å². The van der Waals surface area contributed by atoms with Crippen LogP contribution in [0.1, 0.15) is 20.8 Å². The average molecular weight is 479 g/mol. The lowest BCUT2D eigenvalue weighted by Gasteiger charge is -2.28. The van der Waals surface area contributed by atoms with Crippen molar-refractivity contribution in [3.05, 3.63) is 88.4 Å². The zero-order chi connectivity index (χ0) is 23.0. The molecule has 0 radical (unpaired) electrons. The van der Waals surface area contributed by atoms with Crippen LogP contribution in [0.4, 0.5) is 5.69 Å². The fraction of sp³-hybridized carbons (Fsp3) is 0.167. The lowest BCUT2D eigenvalue weighted by atomic mass is 10.0. The van der Waals surface area contributed by atoms with Crippen molar-refractivity contribution in [1.29, 1.82) is 0 Å². The van der Waals surface area contributed by atoms with Crippen molar-refractivity contribution in [3.63, 3.8) is 0 Å². The molecule has 0 saturated heterocycles. The van der Waals surface area contributed by atoms with Crippen molar-refractivity contribution < 1.29 is 13.2 Å². The average Bonchev–Trinajstić information content (AvgIpc) is 3.48. The number of carbonyl (C=O) groups is 1. The molecule has 0 saturated carbocycles. The number of imidazole rings is 1. The molecule has 4 aromatic rings. The van der Waals surface area contributed by atoms with Crippen molar-refractivity contribution >= 4 is 33.0 Å². The van der Waals surface area contributed by atoms with E-state index >= 15 is 0 Å². The highest BCUT2D eigenvalue weighted by molar-refractivity contribution is 7.89. The van der Waals surface area contributed by atoms with Crippen molar-refractivity contribution in [2.45, 2.75) is 17.9 Å². The number of benzene rings is 2. The monoisotopic (exact) mass is 478 g/mol. The summed E-state index contributed by atoms with van der Waals surface area (Å²) in [7, 11) is -1.91. The molecule has 1 aliphatic rings. The van der Waals surface area contributed by atoms with E-state index in [1.54, 1.807) is 17.6 Å². The molecule has 33 heavy (non-hydrogen) atoms. The minimum atomic E-state index is -3.81. The largest absolute Gasteiger partial charge is 0.334 e. The van der Waals surface area contributed by atoms with Crippen LogP contribution in [-0.2, 0) is 30.0 Å². The molecule has 0 aliphatic carbocycles. The summed E-state index contributed by atoms with van der Waals surface area (Å²) < 4.78 is 30.2. The maximum Gasteiger partial charge on any atom is 0.267 e. The number of sulfonamides is 1. The molecular formula is C24H22N4O3S2. The topological polar surface area (TPSA) is 84.3 Å². The first-order chi connectivity index (χ1) is 15.9. The van der Waals surface area contributed by atoms with E-state index in [-0.39, 0.29) is 9.77 Å². The van der Waals surface area contributed by atoms with Crippen molar-refractivity contribution in [3.8, 4) is 11.4 Å². The molecular weight excluding hydrogens is 456 g/mol. The van der Waals surface area contributed by atoms with E-state index in [0.29, 0.717) is 25.2 Å². The molecule has 0 bridgehead atoms. The molecule has 3 heterocycles. The van der Waals surface area contributed by atoms with Gasteiger partial charge in [-0.25, -0.2) is 13.4 Å². The first-order valence-corrected chi connectivity index (χ1v) is 12.8. The zero-order valence-electron chi connectivity index (χ0n) is 17.9. The van der Waals surface area contributed by atoms with Crippen molar-refractivity contribution in [1.82, 2.24) is 13.9 Å². The second-order valence-electron chi connectivity index (χ2n) is 7.87. The summed E-state index contributed by atoms with van der Waals surface area (Å²) in [6.45, 7) is 0.698. The Morgan fingerprint density at radius 3 is 2.70 bits per heavy atom. The van der Waals surface area contributed by atoms with Crippen LogP contribution in [0, 0.1) is 0 Å². The first-order valence-electron chi connectivity index (χ1n) is 10.5. The molecule has 2 aromatic carbocycles. The molecule has 0 unspecified atom stereocenters. The first kappa shape index (κ1) is 21.6. The maximum atomic E-state index is 13.4. The third-order valence-corrected chi connectivity index (χ3v) is 8.68. The molecule has 1 aliphatic heterocycles. The van der Waals surface area contributed by atoms with Gasteiger partial charge in [-0.2, -0.15) is 4.31 Å². The molecule has 1 amide bonds. The number of amides is 1. The van der Waals surface area contributed by atoms with Crippen LogP contribution >= 0.6 is 11.3 Å². The molecule has 0 fully saturated rings. The quantitative estimate of drug-likeness (QED) is 0.467. The molecule has 1 N–H and O–H groups in total. The molecule has 0 atom stereocenters. The Balaban J connectivity index is 1.39. The number of fused-ring (bicyclic) bond motifs is 1. The second kappa shape index (κ2) is 8.58. The Morgan fingerprint density at radius 2 is 1.91 bits per heavy atom. The predicted molar refractivity (Wildman–Crippen MR) is 129 cm³/mol. The summed E-state index contributed by atoms with van der Waals surface area (Å²) in [5, 5.41) is 4.49. The summed E-state index contributed by atoms with van der Waals surface area (Å²) in [6.07, 6.45) is 4.21. The molecule has 2 aromatic heterocycles. The fourth-order valence-corrected chi connectivity index (χ4v) is 6.76. The molecule has 9 heteroatoms. The maximum absolute atomic E-state index is 13.4. The van der Waals surface area contributed by atoms with Crippen LogP contribution in [0.25, 0.3) is 11.4 Å². The minimum absolute atomic E-state index is 0.0460. The van der Waals surface area contributed by atoms with Gasteiger partial charge in [0.1, 0.15) is 15.6 Å². The van der Waals surface area contributed by atoms with Crippen LogP contribution < -0.4 is 5.32 Å². The number of nitrogens with zero attached hydrogens (tertiary/aromatic N) is 3. The minimum Gasteiger partial charge on any atom is -0.334 e. The van der Waals surface area contributed by atoms with E-state index in [1.807, 2.05) is 60.3 Å². The summed E-state index contributed by atoms with van der Waals surface area (Å²) in [5.41, 5.74) is 3.59. The number of nitrogens with one attached hydrogen (secondary N) is 1. The van der Waals surface area contributed by atoms with Gasteiger partial charge in [0.05, 0.1) is 0 Å². The Labute approximate surface area is 196 Å². The van der Waals surface area contributed by atoms with Crippen molar-refractivity contribution in [2.24, 2.45) is 7.05 Å². The second-order valence-corrected chi connectivity index (χ2v) is 10.7. The van der Waals surface area contributed by atoms with Crippen LogP contribution in [-0.4, -0.2) is 34.7 Å². The van der Waals surface area contributed by atoms with Crippen LogP contribution in [0.2, 0.25) is 0 Å². The number of thiophene rings is 1. The van der Waals surface area contributed by atoms with Gasteiger partial charge in [-0.05, 0) is 41.1 Å². The number of anilines is 1. The van der Waals surface area contributed by atoms with E-state index in [4.69, 9.17) is 0 Å². The highest BCUT2D eigenvalue weighted by atomic mass is 32.2. The van der Waals surface area contributed by atoms with Gasteiger partial charge >= 0.3 is 0 Å². The van der Waals surface area contributed by atoms with Gasteiger partial charge in [0, 0.05) is 43.8 Å². The third kappa shape index (κ3) is 4.10. The number of hydrogen-bond donors (Lipinski definition) is 1. The summed E-state index contributed by atoms with van der Waals surface area (Å²) in [4.78, 5) is 17.6. The number of rotatable bonds is 5. The van der Waals surface area contributed by atoms with Gasteiger partial charge in [-0.1, -0.05) is 36.4 Å². The standard InChI is InChI=1S/C24H22N4O3S2/c1-27-13-11-25-23(27)18-7-4-8-20(15-18)26-24(29)22-21(10-14-32-22)33(30,31)28-12-9-17-5-2-3-6-19(17)16-28/h2-8,10-11,13-15H,9,12,16H2,1H3,(H,26,29). The highest BCUT2D eigenvalue weighted by Crippen LogP contribution is 2.30. The Bertz CT molecular complexity index is 1440. The smallest absolute Gasteiger partial charge is 0.267 e. The molecule has 7 nitrogen and oxygen atoms in total. The Morgan fingerprint density at radius 1 is 1.09 bits per heavy atom. The van der Waals surface area contributed by atoms with E-state index in [0.717, 1.165) is 28.3 Å². The normalized spacial score (nSPS) is 14.1. The Hall–Kier alpha value is -3.27. The predicted octanol–water partition coefficient (Wildman–Crippen LogP) is 4.15. The van der Waals surface area contributed by atoms with Crippen LogP contribution in [0.15, 0.2) is 77.3 Å². The molecule has 168 valence electrons. The number of aromatic nitrogens is 2. The SMILES string of the molecule is Cn1ccnc1-c1cccc(NC(=O)c2sccc2S(=O)(=O)N2CCc3ccccc3C2)c1. The summed E-state index contributed by atoms with van der Waals surface area (Å²) in [5.74, 6) is 0.328. The molecule has 0 spiro atoms. The van der Waals surface area contributed by atoms with Crippen molar-refractivity contribution in [2.75, 3.05) is 11.9 Å². The lowest BCUT2D eigenvalue weighted by molar-refractivity contribution is 0.102. The summed E-state index contributed by atoms with van der Waals surface area (Å²) >= 11 is 1.12. The summed E-state index contributed by atoms with van der Waals surface area (Å²) in [6, 6.07) is 16.7.